The first-order valence-electron chi connectivity index (χ1n) is 11.8. The Bertz CT molecular complexity index is 854. The van der Waals surface area contributed by atoms with Crippen LogP contribution >= 0.6 is 0 Å². The van der Waals surface area contributed by atoms with Crippen molar-refractivity contribution in [2.45, 2.75) is 58.4 Å². The molecule has 5 nitrogen and oxygen atoms in total. The van der Waals surface area contributed by atoms with Gasteiger partial charge in [0, 0.05) is 38.5 Å². The zero-order valence-electron chi connectivity index (χ0n) is 18.7. The smallest absolute Gasteiger partial charge is 0.211 e. The predicted octanol–water partition coefficient (Wildman–Crippen LogP) is 5.02. The van der Waals surface area contributed by atoms with E-state index >= 15 is 0 Å². The molecule has 0 bridgehead atoms. The second kappa shape index (κ2) is 9.94. The number of hydrogen-bond donors (Lipinski definition) is 0. The molecule has 1 saturated carbocycles. The zero-order chi connectivity index (χ0) is 21.8. The quantitative estimate of drug-likeness (QED) is 0.562. The van der Waals surface area contributed by atoms with Gasteiger partial charge in [0.15, 0.2) is 0 Å². The van der Waals surface area contributed by atoms with Crippen molar-refractivity contribution in [3.05, 3.63) is 47.9 Å². The van der Waals surface area contributed by atoms with Crippen molar-refractivity contribution < 1.29 is 13.6 Å². The molecule has 2 aliphatic rings. The fourth-order valence-corrected chi connectivity index (χ4v) is 5.04. The second-order valence-corrected chi connectivity index (χ2v) is 8.97. The summed E-state index contributed by atoms with van der Waals surface area (Å²) in [7, 11) is 0. The van der Waals surface area contributed by atoms with Gasteiger partial charge in [0.1, 0.15) is 17.9 Å². The molecule has 1 unspecified atom stereocenters. The molecular weight excluding hydrogens is 393 g/mol. The molecule has 0 radical (unpaired) electrons. The lowest BCUT2D eigenvalue weighted by atomic mass is 9.78. The summed E-state index contributed by atoms with van der Waals surface area (Å²) in [5, 5.41) is 0. The number of halogens is 1. The van der Waals surface area contributed by atoms with Gasteiger partial charge in [0.25, 0.3) is 0 Å². The van der Waals surface area contributed by atoms with Gasteiger partial charge in [-0.1, -0.05) is 26.3 Å². The molecule has 4 rings (SSSR count). The monoisotopic (exact) mass is 427 g/mol. The summed E-state index contributed by atoms with van der Waals surface area (Å²) < 4.78 is 20.6. The van der Waals surface area contributed by atoms with E-state index in [0.29, 0.717) is 18.0 Å². The molecule has 1 saturated heterocycles. The molecule has 1 aliphatic heterocycles. The molecule has 0 amide bonds. The standard InChI is InChI=1S/C25H34FN3O2/c1-3-19(4-2)23(30)17-18-8-9-22(21(26)16-18)28-11-13-29(14-12-28)24(20-6-5-7-20)25-27-10-15-31-25/h8-10,15-16,19-20,24H,3-7,11-14,17H2,1-2H3. The van der Waals surface area contributed by atoms with E-state index in [2.05, 4.69) is 14.8 Å². The van der Waals surface area contributed by atoms with Gasteiger partial charge in [0.05, 0.1) is 17.9 Å². The highest BCUT2D eigenvalue weighted by molar-refractivity contribution is 5.83. The Morgan fingerprint density at radius 2 is 1.94 bits per heavy atom. The Morgan fingerprint density at radius 3 is 2.48 bits per heavy atom. The Labute approximate surface area is 184 Å². The highest BCUT2D eigenvalue weighted by Crippen LogP contribution is 2.41. The van der Waals surface area contributed by atoms with E-state index in [1.165, 1.54) is 19.3 Å². The van der Waals surface area contributed by atoms with Crippen LogP contribution in [0.15, 0.2) is 35.1 Å². The second-order valence-electron chi connectivity index (χ2n) is 8.97. The number of hydrogen-bond acceptors (Lipinski definition) is 5. The molecule has 0 N–H and O–H groups in total. The van der Waals surface area contributed by atoms with Gasteiger partial charge >= 0.3 is 0 Å². The predicted molar refractivity (Wildman–Crippen MR) is 120 cm³/mol. The molecule has 2 heterocycles. The van der Waals surface area contributed by atoms with Crippen molar-refractivity contribution in [2.75, 3.05) is 31.1 Å². The fourth-order valence-electron chi connectivity index (χ4n) is 5.04. The molecule has 168 valence electrons. The summed E-state index contributed by atoms with van der Waals surface area (Å²) in [6.45, 7) is 7.33. The number of rotatable bonds is 9. The first-order valence-corrected chi connectivity index (χ1v) is 11.8. The number of ketones is 1. The molecule has 1 aromatic carbocycles. The van der Waals surface area contributed by atoms with E-state index in [9.17, 15) is 9.18 Å². The molecule has 6 heteroatoms. The largest absolute Gasteiger partial charge is 0.447 e. The van der Waals surface area contributed by atoms with Gasteiger partial charge < -0.3 is 9.32 Å². The zero-order valence-corrected chi connectivity index (χ0v) is 18.7. The molecule has 1 atom stereocenters. The summed E-state index contributed by atoms with van der Waals surface area (Å²) in [5.74, 6) is 1.47. The Morgan fingerprint density at radius 1 is 1.19 bits per heavy atom. The summed E-state index contributed by atoms with van der Waals surface area (Å²) in [4.78, 5) is 21.4. The van der Waals surface area contributed by atoms with E-state index in [1.54, 1.807) is 18.5 Å². The van der Waals surface area contributed by atoms with Crippen molar-refractivity contribution in [3.63, 3.8) is 0 Å². The highest BCUT2D eigenvalue weighted by Gasteiger charge is 2.37. The van der Waals surface area contributed by atoms with E-state index in [4.69, 9.17) is 4.42 Å². The molecule has 31 heavy (non-hydrogen) atoms. The number of anilines is 1. The first-order chi connectivity index (χ1) is 15.1. The van der Waals surface area contributed by atoms with Crippen molar-refractivity contribution in [1.29, 1.82) is 0 Å². The maximum atomic E-state index is 14.9. The van der Waals surface area contributed by atoms with Crippen molar-refractivity contribution >= 4 is 11.5 Å². The third kappa shape index (κ3) is 4.84. The average molecular weight is 428 g/mol. The van der Waals surface area contributed by atoms with Gasteiger partial charge in [-0.05, 0) is 49.3 Å². The molecule has 1 aromatic heterocycles. The van der Waals surface area contributed by atoms with Gasteiger partial charge in [0.2, 0.25) is 5.89 Å². The van der Waals surface area contributed by atoms with E-state index in [0.717, 1.165) is 50.5 Å². The number of carbonyl (C=O) groups is 1. The van der Waals surface area contributed by atoms with E-state index in [-0.39, 0.29) is 23.6 Å². The van der Waals surface area contributed by atoms with Crippen LogP contribution in [0.3, 0.4) is 0 Å². The summed E-state index contributed by atoms with van der Waals surface area (Å²) >= 11 is 0. The maximum Gasteiger partial charge on any atom is 0.211 e. The van der Waals surface area contributed by atoms with E-state index in [1.807, 2.05) is 26.0 Å². The fraction of sp³-hybridized carbons (Fsp3) is 0.600. The maximum absolute atomic E-state index is 14.9. The molecular formula is C25H34FN3O2. The number of benzene rings is 1. The average Bonchev–Trinajstić information content (AvgIpc) is 3.26. The number of oxazole rings is 1. The lowest BCUT2D eigenvalue weighted by molar-refractivity contribution is -0.122. The van der Waals surface area contributed by atoms with Crippen LogP contribution in [0.4, 0.5) is 10.1 Å². The molecule has 2 aromatic rings. The lowest BCUT2D eigenvalue weighted by Crippen LogP contribution is -2.50. The van der Waals surface area contributed by atoms with Crippen LogP contribution in [-0.4, -0.2) is 41.8 Å². The summed E-state index contributed by atoms with van der Waals surface area (Å²) in [5.41, 5.74) is 1.40. The Balaban J connectivity index is 1.39. The Hall–Kier alpha value is -2.21. The van der Waals surface area contributed by atoms with Crippen LogP contribution in [0.25, 0.3) is 0 Å². The van der Waals surface area contributed by atoms with Crippen LogP contribution in [0.5, 0.6) is 0 Å². The third-order valence-corrected chi connectivity index (χ3v) is 7.18. The normalized spacial score (nSPS) is 18.9. The van der Waals surface area contributed by atoms with Crippen LogP contribution in [0.1, 0.15) is 63.4 Å². The number of aromatic nitrogens is 1. The SMILES string of the molecule is CCC(CC)C(=O)Cc1ccc(N2CCN(C(c3ncco3)C3CCC3)CC2)c(F)c1. The molecule has 0 spiro atoms. The minimum absolute atomic E-state index is 0.0723. The number of Topliss-reactive ketones (excluding diaryl/α,β-unsaturated/α-hetero) is 1. The number of nitrogens with zero attached hydrogens (tertiary/aromatic N) is 3. The summed E-state index contributed by atoms with van der Waals surface area (Å²) in [6.07, 6.45) is 9.10. The minimum Gasteiger partial charge on any atom is -0.447 e. The van der Waals surface area contributed by atoms with Crippen LogP contribution < -0.4 is 4.90 Å². The van der Waals surface area contributed by atoms with Gasteiger partial charge in [-0.15, -0.1) is 0 Å². The third-order valence-electron chi connectivity index (χ3n) is 7.18. The number of carbonyl (C=O) groups excluding carboxylic acids is 1. The minimum atomic E-state index is -0.230. The summed E-state index contributed by atoms with van der Waals surface area (Å²) in [6, 6.07) is 5.54. The van der Waals surface area contributed by atoms with Crippen LogP contribution in [-0.2, 0) is 11.2 Å². The first kappa shape index (κ1) is 22.0. The van der Waals surface area contributed by atoms with Gasteiger partial charge in [-0.3, -0.25) is 9.69 Å². The number of piperazine rings is 1. The lowest BCUT2D eigenvalue weighted by Gasteiger charge is -2.44. The molecule has 2 fully saturated rings. The Kier molecular flexibility index (Phi) is 7.06. The molecule has 1 aliphatic carbocycles. The highest BCUT2D eigenvalue weighted by atomic mass is 19.1. The van der Waals surface area contributed by atoms with Crippen molar-refractivity contribution in [1.82, 2.24) is 9.88 Å². The van der Waals surface area contributed by atoms with E-state index < -0.39 is 0 Å². The van der Waals surface area contributed by atoms with Gasteiger partial charge in [-0.2, -0.15) is 0 Å². The van der Waals surface area contributed by atoms with Crippen LogP contribution in [0.2, 0.25) is 0 Å². The van der Waals surface area contributed by atoms with Gasteiger partial charge in [-0.25, -0.2) is 9.37 Å². The topological polar surface area (TPSA) is 49.6 Å². The van der Waals surface area contributed by atoms with Crippen molar-refractivity contribution in [3.8, 4) is 0 Å². The van der Waals surface area contributed by atoms with Crippen molar-refractivity contribution in [2.24, 2.45) is 11.8 Å². The van der Waals surface area contributed by atoms with Crippen LogP contribution in [0, 0.1) is 17.7 Å².